The van der Waals surface area contributed by atoms with Crippen LogP contribution in [0.5, 0.6) is 0 Å². The minimum absolute atomic E-state index is 0.00238. The molecule has 3 heterocycles. The SMILES string of the molecule is CN1C=C(C2=CN3C(c4ccc(N(C)C(=O)N(C)C5CCCCC5)c(F)c4)=CNC3C=C2)CN1. The van der Waals surface area contributed by atoms with Crippen LogP contribution in [0.15, 0.2) is 60.1 Å². The normalized spacial score (nSPS) is 22.1. The maximum atomic E-state index is 15.3. The van der Waals surface area contributed by atoms with Crippen LogP contribution in [0.4, 0.5) is 14.9 Å². The molecule has 5 rings (SSSR count). The highest BCUT2D eigenvalue weighted by Crippen LogP contribution is 2.33. The lowest BCUT2D eigenvalue weighted by atomic mass is 9.95. The fraction of sp³-hybridized carbons (Fsp3) is 0.423. The topological polar surface area (TPSA) is 54.1 Å². The molecule has 0 spiro atoms. The fourth-order valence-electron chi connectivity index (χ4n) is 5.19. The van der Waals surface area contributed by atoms with E-state index in [9.17, 15) is 4.79 Å². The summed E-state index contributed by atoms with van der Waals surface area (Å²) in [6.45, 7) is 0.774. The first-order valence-corrected chi connectivity index (χ1v) is 12.0. The molecule has 1 aromatic rings. The van der Waals surface area contributed by atoms with E-state index in [-0.39, 0.29) is 18.2 Å². The van der Waals surface area contributed by atoms with Crippen LogP contribution in [0.25, 0.3) is 5.70 Å². The second-order valence-electron chi connectivity index (χ2n) is 9.50. The molecule has 0 bridgehead atoms. The van der Waals surface area contributed by atoms with E-state index < -0.39 is 5.82 Å². The van der Waals surface area contributed by atoms with Crippen LogP contribution in [0.2, 0.25) is 0 Å². The van der Waals surface area contributed by atoms with Gasteiger partial charge < -0.3 is 20.1 Å². The minimum atomic E-state index is -0.407. The average molecular weight is 465 g/mol. The van der Waals surface area contributed by atoms with Gasteiger partial charge in [-0.15, -0.1) is 0 Å². The predicted octanol–water partition coefficient (Wildman–Crippen LogP) is 3.96. The van der Waals surface area contributed by atoms with Crippen molar-refractivity contribution in [2.24, 2.45) is 0 Å². The van der Waals surface area contributed by atoms with Crippen molar-refractivity contribution in [2.75, 3.05) is 32.6 Å². The maximum Gasteiger partial charge on any atom is 0.324 e. The summed E-state index contributed by atoms with van der Waals surface area (Å²) in [4.78, 5) is 18.4. The maximum absolute atomic E-state index is 15.3. The second-order valence-corrected chi connectivity index (χ2v) is 9.50. The number of urea groups is 1. The number of carbonyl (C=O) groups is 1. The van der Waals surface area contributed by atoms with Gasteiger partial charge in [-0.05, 0) is 42.2 Å². The molecule has 2 amide bonds. The van der Waals surface area contributed by atoms with Gasteiger partial charge in [0.1, 0.15) is 12.0 Å². The fourth-order valence-corrected chi connectivity index (χ4v) is 5.19. The quantitative estimate of drug-likeness (QED) is 0.707. The molecule has 1 aromatic carbocycles. The van der Waals surface area contributed by atoms with E-state index in [4.69, 9.17) is 0 Å². The molecular weight excluding hydrogens is 431 g/mol. The van der Waals surface area contributed by atoms with Crippen LogP contribution in [0.1, 0.15) is 37.7 Å². The number of carbonyl (C=O) groups excluding carboxylic acids is 1. The number of nitrogens with zero attached hydrogens (tertiary/aromatic N) is 4. The standard InChI is InChI=1S/C26H33FN6O/c1-30-16-20(14-29-30)19-10-12-25-28-15-24(33(25)17-19)18-9-11-23(22(27)13-18)32(3)26(34)31(2)21-7-5-4-6-8-21/h9-13,15-17,21,25,28-29H,4-8,14H2,1-3H3. The summed E-state index contributed by atoms with van der Waals surface area (Å²) in [6, 6.07) is 5.17. The Kier molecular flexibility index (Phi) is 6.08. The lowest BCUT2D eigenvalue weighted by Gasteiger charge is -2.34. The van der Waals surface area contributed by atoms with Crippen LogP contribution in [-0.4, -0.2) is 60.7 Å². The molecule has 1 unspecified atom stereocenters. The molecule has 0 aromatic heterocycles. The summed E-state index contributed by atoms with van der Waals surface area (Å²) in [5.41, 5.74) is 7.53. The lowest BCUT2D eigenvalue weighted by Crippen LogP contribution is -2.45. The molecule has 0 radical (unpaired) electrons. The van der Waals surface area contributed by atoms with Gasteiger partial charge in [-0.1, -0.05) is 31.4 Å². The molecule has 3 aliphatic heterocycles. The van der Waals surface area contributed by atoms with E-state index in [1.54, 1.807) is 18.0 Å². The van der Waals surface area contributed by atoms with Gasteiger partial charge in [0.2, 0.25) is 0 Å². The smallest absolute Gasteiger partial charge is 0.324 e. The van der Waals surface area contributed by atoms with Gasteiger partial charge in [0.15, 0.2) is 0 Å². The van der Waals surface area contributed by atoms with Crippen LogP contribution in [0, 0.1) is 5.82 Å². The van der Waals surface area contributed by atoms with Gasteiger partial charge in [-0.25, -0.2) is 14.6 Å². The Hall–Kier alpha value is -3.26. The third-order valence-corrected chi connectivity index (χ3v) is 7.26. The van der Waals surface area contributed by atoms with E-state index in [0.29, 0.717) is 5.69 Å². The van der Waals surface area contributed by atoms with Gasteiger partial charge >= 0.3 is 6.03 Å². The van der Waals surface area contributed by atoms with E-state index >= 15 is 4.39 Å². The molecule has 7 nitrogen and oxygen atoms in total. The van der Waals surface area contributed by atoms with Crippen molar-refractivity contribution in [1.82, 2.24) is 25.6 Å². The third-order valence-electron chi connectivity index (χ3n) is 7.26. The van der Waals surface area contributed by atoms with Crippen molar-refractivity contribution in [3.63, 3.8) is 0 Å². The molecule has 1 saturated carbocycles. The van der Waals surface area contributed by atoms with Gasteiger partial charge in [-0.2, -0.15) is 0 Å². The first kappa shape index (κ1) is 22.5. The average Bonchev–Trinajstić information content (AvgIpc) is 3.49. The zero-order chi connectivity index (χ0) is 23.8. The molecule has 1 aliphatic carbocycles. The minimum Gasteiger partial charge on any atom is -0.366 e. The first-order chi connectivity index (χ1) is 16.4. The van der Waals surface area contributed by atoms with Gasteiger partial charge in [0.05, 0.1) is 11.4 Å². The summed E-state index contributed by atoms with van der Waals surface area (Å²) < 4.78 is 15.3. The summed E-state index contributed by atoms with van der Waals surface area (Å²) in [7, 11) is 5.46. The van der Waals surface area contributed by atoms with Crippen molar-refractivity contribution in [1.29, 1.82) is 0 Å². The summed E-state index contributed by atoms with van der Waals surface area (Å²) in [6.07, 6.45) is 15.9. The monoisotopic (exact) mass is 464 g/mol. The van der Waals surface area contributed by atoms with Crippen LogP contribution >= 0.6 is 0 Å². The van der Waals surface area contributed by atoms with Crippen molar-refractivity contribution < 1.29 is 9.18 Å². The number of anilines is 1. The zero-order valence-electron chi connectivity index (χ0n) is 20.1. The Bertz CT molecular complexity index is 1090. The molecule has 0 saturated heterocycles. The Labute approximate surface area is 200 Å². The van der Waals surface area contributed by atoms with Gasteiger partial charge in [0.25, 0.3) is 0 Å². The molecule has 1 fully saturated rings. The van der Waals surface area contributed by atoms with Crippen molar-refractivity contribution >= 4 is 17.4 Å². The van der Waals surface area contributed by atoms with Crippen LogP contribution in [-0.2, 0) is 0 Å². The Morgan fingerprint density at radius 3 is 2.65 bits per heavy atom. The van der Waals surface area contributed by atoms with E-state index in [1.165, 1.54) is 23.0 Å². The summed E-state index contributed by atoms with van der Waals surface area (Å²) in [5, 5.41) is 5.30. The van der Waals surface area contributed by atoms with E-state index in [2.05, 4.69) is 40.2 Å². The number of amides is 2. The number of halogens is 1. The number of rotatable bonds is 4. The highest BCUT2D eigenvalue weighted by molar-refractivity contribution is 5.92. The van der Waals surface area contributed by atoms with Gasteiger partial charge in [-0.3, -0.25) is 4.90 Å². The molecule has 180 valence electrons. The molecular formula is C26H33FN6O. The predicted molar refractivity (Wildman–Crippen MR) is 133 cm³/mol. The largest absolute Gasteiger partial charge is 0.366 e. The first-order valence-electron chi connectivity index (χ1n) is 12.0. The number of fused-ring (bicyclic) bond motifs is 1. The second kappa shape index (κ2) is 9.18. The van der Waals surface area contributed by atoms with Crippen molar-refractivity contribution in [3.05, 3.63) is 71.5 Å². The third kappa shape index (κ3) is 4.18. The van der Waals surface area contributed by atoms with Gasteiger partial charge in [0, 0.05) is 57.9 Å². The summed E-state index contributed by atoms with van der Waals surface area (Å²) >= 11 is 0. The number of hydrazine groups is 1. The van der Waals surface area contributed by atoms with E-state index in [1.807, 2.05) is 31.4 Å². The number of hydrogen-bond acceptors (Lipinski definition) is 5. The molecule has 4 aliphatic rings. The highest BCUT2D eigenvalue weighted by atomic mass is 19.1. The number of nitrogens with one attached hydrogen (secondary N) is 2. The number of benzene rings is 1. The summed E-state index contributed by atoms with van der Waals surface area (Å²) in [5.74, 6) is -0.407. The van der Waals surface area contributed by atoms with Crippen molar-refractivity contribution in [3.8, 4) is 0 Å². The Balaban J connectivity index is 1.33. The van der Waals surface area contributed by atoms with Crippen LogP contribution in [0.3, 0.4) is 0 Å². The zero-order valence-corrected chi connectivity index (χ0v) is 20.1. The number of allylic oxidation sites excluding steroid dienone is 1. The molecule has 1 atom stereocenters. The van der Waals surface area contributed by atoms with E-state index in [0.717, 1.165) is 49.1 Å². The molecule has 8 heteroatoms. The van der Waals surface area contributed by atoms with Crippen molar-refractivity contribution in [2.45, 2.75) is 44.3 Å². The number of hydrogen-bond donors (Lipinski definition) is 2. The Morgan fingerprint density at radius 1 is 1.15 bits per heavy atom. The molecule has 34 heavy (non-hydrogen) atoms. The molecule has 2 N–H and O–H groups in total. The lowest BCUT2D eigenvalue weighted by molar-refractivity contribution is 0.181. The highest BCUT2D eigenvalue weighted by Gasteiger charge is 2.29. The van der Waals surface area contributed by atoms with Crippen LogP contribution < -0.4 is 15.6 Å². The Morgan fingerprint density at radius 2 is 1.94 bits per heavy atom.